The first-order valence-corrected chi connectivity index (χ1v) is 12.5. The second-order valence-electron chi connectivity index (χ2n) is 9.00. The van der Waals surface area contributed by atoms with Gasteiger partial charge in [0.05, 0.1) is 22.0 Å². The molecule has 0 aliphatic carbocycles. The first-order valence-electron chi connectivity index (χ1n) is 12.5. The number of ketones is 2. The summed E-state index contributed by atoms with van der Waals surface area (Å²) < 4.78 is 11.3. The van der Waals surface area contributed by atoms with Crippen LogP contribution < -0.4 is 9.47 Å². The minimum Gasteiger partial charge on any atom is -0.457 e. The van der Waals surface area contributed by atoms with Crippen molar-refractivity contribution in [2.45, 2.75) is 0 Å². The fourth-order valence-corrected chi connectivity index (χ4v) is 4.08. The van der Waals surface area contributed by atoms with Crippen LogP contribution in [0.2, 0.25) is 0 Å². The fraction of sp³-hybridized carbons (Fsp3) is 0. The molecule has 5 aromatic rings. The van der Waals surface area contributed by atoms with E-state index in [2.05, 4.69) is 0 Å². The first-order chi connectivity index (χ1) is 20.3. The molecule has 0 amide bonds. The number of non-ortho nitro benzene ring substituents is 2. The van der Waals surface area contributed by atoms with Crippen LogP contribution >= 0.6 is 0 Å². The van der Waals surface area contributed by atoms with Crippen LogP contribution in [0.4, 0.5) is 11.4 Å². The minimum absolute atomic E-state index is 0.0986. The van der Waals surface area contributed by atoms with Gasteiger partial charge in [-0.25, -0.2) is 0 Å². The van der Waals surface area contributed by atoms with Gasteiger partial charge < -0.3 is 9.47 Å². The predicted molar refractivity (Wildman–Crippen MR) is 153 cm³/mol. The van der Waals surface area contributed by atoms with Gasteiger partial charge in [0.2, 0.25) is 0 Å². The molecule has 42 heavy (non-hydrogen) atoms. The van der Waals surface area contributed by atoms with E-state index in [0.717, 1.165) is 0 Å². The molecule has 0 saturated carbocycles. The molecule has 0 unspecified atom stereocenters. The molecule has 0 aromatic heterocycles. The maximum absolute atomic E-state index is 13.1. The van der Waals surface area contributed by atoms with Crippen LogP contribution in [0.25, 0.3) is 0 Å². The number of nitro groups is 2. The van der Waals surface area contributed by atoms with Gasteiger partial charge in [-0.05, 0) is 66.7 Å². The van der Waals surface area contributed by atoms with Gasteiger partial charge in [-0.3, -0.25) is 29.8 Å². The molecule has 0 aliphatic heterocycles. The Morgan fingerprint density at radius 1 is 0.452 bits per heavy atom. The van der Waals surface area contributed by atoms with Crippen molar-refractivity contribution in [2.24, 2.45) is 0 Å². The Hall–Kier alpha value is -6.16. The van der Waals surface area contributed by atoms with Gasteiger partial charge in [0.1, 0.15) is 23.0 Å². The first kappa shape index (κ1) is 27.4. The topological polar surface area (TPSA) is 139 Å². The van der Waals surface area contributed by atoms with Crippen molar-refractivity contribution in [3.8, 4) is 23.0 Å². The lowest BCUT2D eigenvalue weighted by atomic mass is 9.97. The molecule has 0 aliphatic rings. The third kappa shape index (κ3) is 6.35. The standard InChI is InChI=1S/C32H20N2O8/c35-31(21-10-14-27(15-11-21)41-29-8-2-6-25(19-29)33(37)38)23-4-1-5-24(18-23)32(36)22-12-16-28(17-13-22)42-30-9-3-7-26(20-30)34(39)40/h1-20H. The van der Waals surface area contributed by atoms with E-state index in [1.54, 1.807) is 78.9 Å². The van der Waals surface area contributed by atoms with Crippen LogP contribution in [0.5, 0.6) is 23.0 Å². The van der Waals surface area contributed by atoms with Gasteiger partial charge in [-0.1, -0.05) is 30.3 Å². The van der Waals surface area contributed by atoms with Gasteiger partial charge in [-0.2, -0.15) is 0 Å². The van der Waals surface area contributed by atoms with Gasteiger partial charge in [0.25, 0.3) is 11.4 Å². The third-order valence-corrected chi connectivity index (χ3v) is 6.15. The number of carbonyl (C=O) groups is 2. The Morgan fingerprint density at radius 3 is 1.21 bits per heavy atom. The molecule has 0 heterocycles. The Balaban J connectivity index is 1.26. The Labute approximate surface area is 238 Å². The average Bonchev–Trinajstić information content (AvgIpc) is 3.01. The van der Waals surface area contributed by atoms with Gasteiger partial charge >= 0.3 is 0 Å². The highest BCUT2D eigenvalue weighted by molar-refractivity contribution is 6.13. The molecule has 0 fully saturated rings. The van der Waals surface area contributed by atoms with E-state index in [0.29, 0.717) is 33.8 Å². The molecule has 0 bridgehead atoms. The van der Waals surface area contributed by atoms with Crippen LogP contribution in [0.15, 0.2) is 121 Å². The zero-order valence-corrected chi connectivity index (χ0v) is 21.7. The minimum atomic E-state index is -0.514. The summed E-state index contributed by atoms with van der Waals surface area (Å²) in [6.45, 7) is 0. The Morgan fingerprint density at radius 2 is 0.833 bits per heavy atom. The van der Waals surface area contributed by atoms with Crippen molar-refractivity contribution in [2.75, 3.05) is 0 Å². The second kappa shape index (κ2) is 11.9. The second-order valence-corrected chi connectivity index (χ2v) is 9.00. The van der Waals surface area contributed by atoms with Crippen LogP contribution in [-0.2, 0) is 0 Å². The molecule has 0 saturated heterocycles. The number of ether oxygens (including phenoxy) is 2. The predicted octanol–water partition coefficient (Wildman–Crippen LogP) is 7.55. The molecular formula is C32H20N2O8. The SMILES string of the molecule is O=C(c1ccc(Oc2cccc([N+](=O)[O-])c2)cc1)c1cccc(C(=O)c2ccc(Oc3cccc([N+](=O)[O-])c3)cc2)c1. The average molecular weight is 561 g/mol. The smallest absolute Gasteiger partial charge is 0.273 e. The van der Waals surface area contributed by atoms with Gasteiger partial charge in [0.15, 0.2) is 11.6 Å². The molecule has 0 N–H and O–H groups in total. The molecule has 0 spiro atoms. The molecule has 5 rings (SSSR count). The number of benzene rings is 5. The zero-order valence-electron chi connectivity index (χ0n) is 21.7. The molecular weight excluding hydrogens is 540 g/mol. The number of nitro benzene ring substituents is 2. The van der Waals surface area contributed by atoms with Crippen LogP contribution in [0.3, 0.4) is 0 Å². The van der Waals surface area contributed by atoms with Crippen LogP contribution in [-0.4, -0.2) is 21.4 Å². The number of rotatable bonds is 10. The van der Waals surface area contributed by atoms with E-state index in [1.807, 2.05) is 0 Å². The van der Waals surface area contributed by atoms with Gasteiger partial charge in [-0.15, -0.1) is 0 Å². The molecule has 0 radical (unpaired) electrons. The lowest BCUT2D eigenvalue weighted by molar-refractivity contribution is -0.385. The summed E-state index contributed by atoms with van der Waals surface area (Å²) in [6.07, 6.45) is 0. The van der Waals surface area contributed by atoms with Gasteiger partial charge in [0, 0.05) is 34.4 Å². The summed E-state index contributed by atoms with van der Waals surface area (Å²) in [5.74, 6) is 0.776. The molecule has 10 heteroatoms. The van der Waals surface area contributed by atoms with E-state index in [4.69, 9.17) is 9.47 Å². The van der Waals surface area contributed by atoms with Crippen LogP contribution in [0, 0.1) is 20.2 Å². The van der Waals surface area contributed by atoms with Crippen molar-refractivity contribution in [1.82, 2.24) is 0 Å². The van der Waals surface area contributed by atoms with E-state index in [-0.39, 0.29) is 34.4 Å². The summed E-state index contributed by atoms with van der Waals surface area (Å²) in [5, 5.41) is 22.0. The van der Waals surface area contributed by atoms with Crippen molar-refractivity contribution in [3.05, 3.63) is 164 Å². The molecule has 206 valence electrons. The van der Waals surface area contributed by atoms with E-state index in [1.165, 1.54) is 42.5 Å². The largest absolute Gasteiger partial charge is 0.457 e. The highest BCUT2D eigenvalue weighted by Crippen LogP contribution is 2.27. The summed E-state index contributed by atoms with van der Waals surface area (Å²) in [4.78, 5) is 47.2. The monoisotopic (exact) mass is 560 g/mol. The van der Waals surface area contributed by atoms with Crippen molar-refractivity contribution in [1.29, 1.82) is 0 Å². The maximum Gasteiger partial charge on any atom is 0.273 e. The quantitative estimate of drug-likeness (QED) is 0.0969. The zero-order chi connectivity index (χ0) is 29.6. The lowest BCUT2D eigenvalue weighted by Crippen LogP contribution is -2.06. The number of carbonyl (C=O) groups excluding carboxylic acids is 2. The number of hydrogen-bond donors (Lipinski definition) is 0. The molecule has 5 aromatic carbocycles. The third-order valence-electron chi connectivity index (χ3n) is 6.15. The van der Waals surface area contributed by atoms with Crippen molar-refractivity contribution in [3.63, 3.8) is 0 Å². The molecule has 0 atom stereocenters. The Bertz CT molecular complexity index is 1690. The Kier molecular flexibility index (Phi) is 7.78. The summed E-state index contributed by atoms with van der Waals surface area (Å²) in [6, 6.07) is 30.5. The van der Waals surface area contributed by atoms with E-state index < -0.39 is 9.85 Å². The summed E-state index contributed by atoms with van der Waals surface area (Å²) >= 11 is 0. The summed E-state index contributed by atoms with van der Waals surface area (Å²) in [5.41, 5.74) is 1.18. The highest BCUT2D eigenvalue weighted by Gasteiger charge is 2.15. The number of hydrogen-bond acceptors (Lipinski definition) is 8. The maximum atomic E-state index is 13.1. The van der Waals surface area contributed by atoms with E-state index in [9.17, 15) is 29.8 Å². The normalized spacial score (nSPS) is 10.5. The van der Waals surface area contributed by atoms with E-state index >= 15 is 0 Å². The lowest BCUT2D eigenvalue weighted by Gasteiger charge is -2.08. The van der Waals surface area contributed by atoms with Crippen molar-refractivity contribution < 1.29 is 28.9 Å². The molecule has 10 nitrogen and oxygen atoms in total. The van der Waals surface area contributed by atoms with Crippen LogP contribution in [0.1, 0.15) is 31.8 Å². The number of nitrogens with zero attached hydrogens (tertiary/aromatic N) is 2. The fourth-order valence-electron chi connectivity index (χ4n) is 4.08. The van der Waals surface area contributed by atoms with Crippen molar-refractivity contribution >= 4 is 22.9 Å². The highest BCUT2D eigenvalue weighted by atomic mass is 16.6. The summed E-state index contributed by atoms with van der Waals surface area (Å²) in [7, 11) is 0.